The molecular weight excluding hydrogens is 348 g/mol. The number of rotatable bonds is 7. The zero-order chi connectivity index (χ0) is 19.2. The molecule has 3 rings (SSSR count). The smallest absolute Gasteiger partial charge is 0.311 e. The van der Waals surface area contributed by atoms with E-state index in [1.54, 1.807) is 6.20 Å². The Labute approximate surface area is 155 Å². The van der Waals surface area contributed by atoms with Gasteiger partial charge in [-0.15, -0.1) is 0 Å². The van der Waals surface area contributed by atoms with Crippen molar-refractivity contribution in [1.82, 2.24) is 15.1 Å². The quantitative estimate of drug-likeness (QED) is 0.512. The molecule has 2 aromatic carbocycles. The van der Waals surface area contributed by atoms with Crippen LogP contribution >= 0.6 is 0 Å². The number of ether oxygens (including phenoxy) is 1. The molecule has 1 aromatic heterocycles. The zero-order valence-corrected chi connectivity index (χ0v) is 14.7. The summed E-state index contributed by atoms with van der Waals surface area (Å²) in [5.74, 6) is -0.277. The second kappa shape index (κ2) is 8.13. The Morgan fingerprint density at radius 1 is 1.22 bits per heavy atom. The Bertz CT molecular complexity index is 954. The van der Waals surface area contributed by atoms with Gasteiger partial charge in [-0.05, 0) is 29.3 Å². The molecule has 1 heterocycles. The molecule has 1 N–H and O–H groups in total. The van der Waals surface area contributed by atoms with Crippen molar-refractivity contribution in [2.75, 3.05) is 7.11 Å². The highest BCUT2D eigenvalue weighted by molar-refractivity contribution is 5.95. The first kappa shape index (κ1) is 18.1. The van der Waals surface area contributed by atoms with Gasteiger partial charge in [-0.25, -0.2) is 0 Å². The van der Waals surface area contributed by atoms with Gasteiger partial charge in [0.05, 0.1) is 18.6 Å². The van der Waals surface area contributed by atoms with E-state index in [1.807, 2.05) is 41.2 Å². The Kier molecular flexibility index (Phi) is 5.46. The maximum absolute atomic E-state index is 12.3. The SMILES string of the molecule is COc1ccc(C(=O)NCc2cccc(Cn3cccn3)c2)cc1[N+](=O)[O-]. The van der Waals surface area contributed by atoms with Gasteiger partial charge in [-0.1, -0.05) is 24.3 Å². The molecule has 0 atom stereocenters. The van der Waals surface area contributed by atoms with Crippen molar-refractivity contribution in [2.45, 2.75) is 13.1 Å². The largest absolute Gasteiger partial charge is 0.490 e. The van der Waals surface area contributed by atoms with Gasteiger partial charge >= 0.3 is 5.69 Å². The van der Waals surface area contributed by atoms with E-state index in [-0.39, 0.29) is 17.0 Å². The fourth-order valence-electron chi connectivity index (χ4n) is 2.68. The first-order chi connectivity index (χ1) is 13.1. The number of amides is 1. The van der Waals surface area contributed by atoms with Crippen molar-refractivity contribution in [1.29, 1.82) is 0 Å². The standard InChI is InChI=1S/C19H18N4O4/c1-27-18-7-6-16(11-17(18)23(25)26)19(24)20-12-14-4-2-5-15(10-14)13-22-9-3-8-21-22/h2-11H,12-13H2,1H3,(H,20,24). The summed E-state index contributed by atoms with van der Waals surface area (Å²) in [6.07, 6.45) is 3.60. The molecule has 0 radical (unpaired) electrons. The molecule has 0 aliphatic heterocycles. The summed E-state index contributed by atoms with van der Waals surface area (Å²) in [6.45, 7) is 0.949. The minimum absolute atomic E-state index is 0.114. The number of hydrogen-bond acceptors (Lipinski definition) is 5. The van der Waals surface area contributed by atoms with Crippen LogP contribution in [-0.4, -0.2) is 27.7 Å². The molecular formula is C19H18N4O4. The fourth-order valence-corrected chi connectivity index (χ4v) is 2.68. The van der Waals surface area contributed by atoms with E-state index >= 15 is 0 Å². The molecule has 0 spiro atoms. The summed E-state index contributed by atoms with van der Waals surface area (Å²) in [5.41, 5.74) is 1.95. The maximum atomic E-state index is 12.3. The lowest BCUT2D eigenvalue weighted by Crippen LogP contribution is -2.23. The summed E-state index contributed by atoms with van der Waals surface area (Å²) in [7, 11) is 1.35. The molecule has 8 heteroatoms. The van der Waals surface area contributed by atoms with E-state index in [2.05, 4.69) is 10.4 Å². The van der Waals surface area contributed by atoms with Crippen molar-refractivity contribution in [3.05, 3.63) is 87.7 Å². The minimum atomic E-state index is -0.575. The van der Waals surface area contributed by atoms with Crippen LogP contribution in [-0.2, 0) is 13.1 Å². The second-order valence-corrected chi connectivity index (χ2v) is 5.85. The lowest BCUT2D eigenvalue weighted by molar-refractivity contribution is -0.385. The molecule has 0 bridgehead atoms. The van der Waals surface area contributed by atoms with Gasteiger partial charge < -0.3 is 10.1 Å². The predicted molar refractivity (Wildman–Crippen MR) is 98.6 cm³/mol. The van der Waals surface area contributed by atoms with Crippen LogP contribution in [0.3, 0.4) is 0 Å². The number of benzene rings is 2. The molecule has 3 aromatic rings. The third kappa shape index (κ3) is 4.49. The second-order valence-electron chi connectivity index (χ2n) is 5.85. The van der Waals surface area contributed by atoms with E-state index < -0.39 is 10.8 Å². The average Bonchev–Trinajstić information content (AvgIpc) is 3.18. The number of aromatic nitrogens is 2. The van der Waals surface area contributed by atoms with Gasteiger partial charge in [0.1, 0.15) is 0 Å². The van der Waals surface area contributed by atoms with Crippen molar-refractivity contribution in [3.8, 4) is 5.75 Å². The summed E-state index contributed by atoms with van der Waals surface area (Å²) < 4.78 is 6.76. The zero-order valence-electron chi connectivity index (χ0n) is 14.7. The van der Waals surface area contributed by atoms with E-state index in [9.17, 15) is 14.9 Å². The molecule has 0 aliphatic rings. The van der Waals surface area contributed by atoms with Gasteiger partial charge in [0.15, 0.2) is 5.75 Å². The molecule has 8 nitrogen and oxygen atoms in total. The molecule has 0 unspecified atom stereocenters. The van der Waals surface area contributed by atoms with Crippen LogP contribution in [0, 0.1) is 10.1 Å². The van der Waals surface area contributed by atoms with Crippen LogP contribution in [0.5, 0.6) is 5.75 Å². The number of methoxy groups -OCH3 is 1. The predicted octanol–water partition coefficient (Wildman–Crippen LogP) is 2.78. The average molecular weight is 366 g/mol. The minimum Gasteiger partial charge on any atom is -0.490 e. The third-order valence-electron chi connectivity index (χ3n) is 3.99. The van der Waals surface area contributed by atoms with Crippen LogP contribution in [0.15, 0.2) is 60.9 Å². The van der Waals surface area contributed by atoms with Crippen molar-refractivity contribution < 1.29 is 14.5 Å². The van der Waals surface area contributed by atoms with Gasteiger partial charge in [-0.2, -0.15) is 5.10 Å². The summed E-state index contributed by atoms with van der Waals surface area (Å²) >= 11 is 0. The lowest BCUT2D eigenvalue weighted by Gasteiger charge is -2.09. The molecule has 0 saturated carbocycles. The Hall–Kier alpha value is -3.68. The highest BCUT2D eigenvalue weighted by Gasteiger charge is 2.18. The highest BCUT2D eigenvalue weighted by Crippen LogP contribution is 2.27. The monoisotopic (exact) mass is 366 g/mol. The number of carbonyl (C=O) groups is 1. The van der Waals surface area contributed by atoms with Crippen molar-refractivity contribution in [2.24, 2.45) is 0 Å². The van der Waals surface area contributed by atoms with Crippen LogP contribution in [0.4, 0.5) is 5.69 Å². The van der Waals surface area contributed by atoms with E-state index in [0.717, 1.165) is 11.1 Å². The first-order valence-electron chi connectivity index (χ1n) is 8.22. The normalized spacial score (nSPS) is 10.4. The molecule has 27 heavy (non-hydrogen) atoms. The topological polar surface area (TPSA) is 99.3 Å². The molecule has 1 amide bonds. The number of nitro benzene ring substituents is 1. The van der Waals surface area contributed by atoms with E-state index in [0.29, 0.717) is 13.1 Å². The van der Waals surface area contributed by atoms with Crippen molar-refractivity contribution in [3.63, 3.8) is 0 Å². The molecule has 0 saturated heterocycles. The lowest BCUT2D eigenvalue weighted by atomic mass is 10.1. The van der Waals surface area contributed by atoms with Gasteiger partial charge in [0, 0.05) is 30.6 Å². The maximum Gasteiger partial charge on any atom is 0.311 e. The van der Waals surface area contributed by atoms with Crippen molar-refractivity contribution >= 4 is 11.6 Å². The Morgan fingerprint density at radius 3 is 2.74 bits per heavy atom. The number of nitrogens with zero attached hydrogens (tertiary/aromatic N) is 3. The number of nitro groups is 1. The molecule has 138 valence electrons. The van der Waals surface area contributed by atoms with Crippen LogP contribution < -0.4 is 10.1 Å². The molecule has 0 fully saturated rings. The number of carbonyl (C=O) groups excluding carboxylic acids is 1. The Morgan fingerprint density at radius 2 is 2.04 bits per heavy atom. The highest BCUT2D eigenvalue weighted by atomic mass is 16.6. The van der Waals surface area contributed by atoms with Gasteiger partial charge in [0.25, 0.3) is 5.91 Å². The summed E-state index contributed by atoms with van der Waals surface area (Å²) in [5, 5.41) is 18.0. The summed E-state index contributed by atoms with van der Waals surface area (Å²) in [6, 6.07) is 13.8. The summed E-state index contributed by atoms with van der Waals surface area (Å²) in [4.78, 5) is 22.9. The molecule has 0 aliphatic carbocycles. The van der Waals surface area contributed by atoms with Crippen LogP contribution in [0.2, 0.25) is 0 Å². The number of hydrogen-bond donors (Lipinski definition) is 1. The van der Waals surface area contributed by atoms with E-state index in [4.69, 9.17) is 4.74 Å². The van der Waals surface area contributed by atoms with Crippen LogP contribution in [0.25, 0.3) is 0 Å². The Balaban J connectivity index is 1.67. The fraction of sp³-hybridized carbons (Fsp3) is 0.158. The number of nitrogens with one attached hydrogen (secondary N) is 1. The van der Waals surface area contributed by atoms with E-state index in [1.165, 1.54) is 25.3 Å². The first-order valence-corrected chi connectivity index (χ1v) is 8.22. The van der Waals surface area contributed by atoms with Gasteiger partial charge in [-0.3, -0.25) is 19.6 Å². The van der Waals surface area contributed by atoms with Crippen LogP contribution in [0.1, 0.15) is 21.5 Å². The van der Waals surface area contributed by atoms with Gasteiger partial charge in [0.2, 0.25) is 0 Å². The third-order valence-corrected chi connectivity index (χ3v) is 3.99.